The first kappa shape index (κ1) is 17.5. The molecule has 2 heterocycles. The SMILES string of the molecule is CC(C)(C)OC(=O)N1CCC(NC(=O)c2ccc(Cl)nc2)CC1. The molecule has 0 atom stereocenters. The van der Waals surface area contributed by atoms with Gasteiger partial charge in [0.1, 0.15) is 10.8 Å². The van der Waals surface area contributed by atoms with Crippen molar-refractivity contribution in [2.45, 2.75) is 45.3 Å². The van der Waals surface area contributed by atoms with Crippen LogP contribution in [0.1, 0.15) is 44.0 Å². The van der Waals surface area contributed by atoms with E-state index >= 15 is 0 Å². The fourth-order valence-corrected chi connectivity index (χ4v) is 2.42. The van der Waals surface area contributed by atoms with Gasteiger partial charge < -0.3 is 15.0 Å². The molecule has 1 aromatic heterocycles. The van der Waals surface area contributed by atoms with E-state index in [1.54, 1.807) is 17.0 Å². The predicted molar refractivity (Wildman–Crippen MR) is 87.5 cm³/mol. The third-order valence-corrected chi connectivity index (χ3v) is 3.70. The summed E-state index contributed by atoms with van der Waals surface area (Å²) in [6.45, 7) is 6.67. The number of ether oxygens (including phenoxy) is 1. The largest absolute Gasteiger partial charge is 0.444 e. The first-order valence-electron chi connectivity index (χ1n) is 7.65. The van der Waals surface area contributed by atoms with Gasteiger partial charge in [-0.2, -0.15) is 0 Å². The second-order valence-electron chi connectivity index (χ2n) is 6.58. The van der Waals surface area contributed by atoms with Gasteiger partial charge in [0.05, 0.1) is 5.56 Å². The van der Waals surface area contributed by atoms with Crippen molar-refractivity contribution in [2.75, 3.05) is 13.1 Å². The van der Waals surface area contributed by atoms with Crippen molar-refractivity contribution >= 4 is 23.6 Å². The highest BCUT2D eigenvalue weighted by molar-refractivity contribution is 6.29. The molecular weight excluding hydrogens is 318 g/mol. The van der Waals surface area contributed by atoms with Gasteiger partial charge in [-0.15, -0.1) is 0 Å². The summed E-state index contributed by atoms with van der Waals surface area (Å²) in [5, 5.41) is 3.32. The average molecular weight is 340 g/mol. The molecule has 0 unspecified atom stereocenters. The number of hydrogen-bond donors (Lipinski definition) is 1. The Kier molecular flexibility index (Phi) is 5.46. The van der Waals surface area contributed by atoms with Crippen LogP contribution in [0, 0.1) is 0 Å². The summed E-state index contributed by atoms with van der Waals surface area (Å²) in [7, 11) is 0. The second-order valence-corrected chi connectivity index (χ2v) is 6.97. The number of amides is 2. The van der Waals surface area contributed by atoms with Gasteiger partial charge in [0.25, 0.3) is 5.91 Å². The molecule has 23 heavy (non-hydrogen) atoms. The van der Waals surface area contributed by atoms with Crippen LogP contribution in [0.4, 0.5) is 4.79 Å². The molecule has 1 saturated heterocycles. The summed E-state index contributed by atoms with van der Waals surface area (Å²) in [6.07, 6.45) is 2.55. The highest BCUT2D eigenvalue weighted by Crippen LogP contribution is 2.16. The van der Waals surface area contributed by atoms with Crippen LogP contribution in [0.3, 0.4) is 0 Å². The number of carbonyl (C=O) groups is 2. The minimum Gasteiger partial charge on any atom is -0.444 e. The van der Waals surface area contributed by atoms with Gasteiger partial charge in [-0.3, -0.25) is 4.79 Å². The standard InChI is InChI=1S/C16H22ClN3O3/c1-16(2,3)23-15(22)20-8-6-12(7-9-20)19-14(21)11-4-5-13(17)18-10-11/h4-5,10,12H,6-9H2,1-3H3,(H,19,21). The Morgan fingerprint density at radius 1 is 1.30 bits per heavy atom. The fourth-order valence-electron chi connectivity index (χ4n) is 2.31. The Labute approximate surface area is 141 Å². The lowest BCUT2D eigenvalue weighted by atomic mass is 10.0. The molecule has 6 nitrogen and oxygen atoms in total. The highest BCUT2D eigenvalue weighted by atomic mass is 35.5. The Balaban J connectivity index is 1.81. The van der Waals surface area contributed by atoms with Gasteiger partial charge >= 0.3 is 6.09 Å². The lowest BCUT2D eigenvalue weighted by Crippen LogP contribution is -2.47. The molecule has 1 N–H and O–H groups in total. The Bertz CT molecular complexity index is 561. The normalized spacial score (nSPS) is 16.1. The lowest BCUT2D eigenvalue weighted by molar-refractivity contribution is 0.0199. The number of pyridine rings is 1. The van der Waals surface area contributed by atoms with Crippen LogP contribution in [0.2, 0.25) is 5.15 Å². The van der Waals surface area contributed by atoms with Crippen molar-refractivity contribution in [1.82, 2.24) is 15.2 Å². The van der Waals surface area contributed by atoms with Gasteiger partial charge in [0.15, 0.2) is 0 Å². The van der Waals surface area contributed by atoms with E-state index in [2.05, 4.69) is 10.3 Å². The zero-order valence-corrected chi connectivity index (χ0v) is 14.4. The molecule has 2 amide bonds. The number of hydrogen-bond acceptors (Lipinski definition) is 4. The first-order chi connectivity index (χ1) is 10.7. The molecule has 0 spiro atoms. The van der Waals surface area contributed by atoms with Crippen LogP contribution in [0.5, 0.6) is 0 Å². The third kappa shape index (κ3) is 5.39. The van der Waals surface area contributed by atoms with Crippen molar-refractivity contribution in [3.05, 3.63) is 29.0 Å². The van der Waals surface area contributed by atoms with Gasteiger partial charge in [0.2, 0.25) is 0 Å². The minimum atomic E-state index is -0.496. The number of carbonyl (C=O) groups excluding carboxylic acids is 2. The van der Waals surface area contributed by atoms with E-state index in [1.807, 2.05) is 20.8 Å². The van der Waals surface area contributed by atoms with E-state index in [-0.39, 0.29) is 18.0 Å². The number of nitrogens with one attached hydrogen (secondary N) is 1. The highest BCUT2D eigenvalue weighted by Gasteiger charge is 2.27. The molecule has 1 aliphatic rings. The number of halogens is 1. The minimum absolute atomic E-state index is 0.0388. The molecule has 1 aromatic rings. The van der Waals surface area contributed by atoms with E-state index in [4.69, 9.17) is 16.3 Å². The third-order valence-electron chi connectivity index (χ3n) is 3.47. The van der Waals surface area contributed by atoms with Crippen molar-refractivity contribution in [3.8, 4) is 0 Å². The molecule has 0 bridgehead atoms. The summed E-state index contributed by atoms with van der Waals surface area (Å²) in [5.41, 5.74) is -0.0204. The molecule has 0 aromatic carbocycles. The van der Waals surface area contributed by atoms with Crippen LogP contribution >= 0.6 is 11.6 Å². The van der Waals surface area contributed by atoms with Crippen LogP contribution in [0.25, 0.3) is 0 Å². The number of rotatable bonds is 2. The maximum atomic E-state index is 12.1. The van der Waals surface area contributed by atoms with Crippen LogP contribution in [-0.2, 0) is 4.74 Å². The predicted octanol–water partition coefficient (Wildman–Crippen LogP) is 2.86. The first-order valence-corrected chi connectivity index (χ1v) is 8.03. The number of nitrogens with zero attached hydrogens (tertiary/aromatic N) is 2. The number of piperidine rings is 1. The molecule has 0 saturated carbocycles. The van der Waals surface area contributed by atoms with Crippen molar-refractivity contribution in [1.29, 1.82) is 0 Å². The lowest BCUT2D eigenvalue weighted by Gasteiger charge is -2.33. The monoisotopic (exact) mass is 339 g/mol. The zero-order valence-electron chi connectivity index (χ0n) is 13.6. The fraction of sp³-hybridized carbons (Fsp3) is 0.562. The molecule has 7 heteroatoms. The van der Waals surface area contributed by atoms with E-state index in [9.17, 15) is 9.59 Å². The Morgan fingerprint density at radius 3 is 2.48 bits per heavy atom. The van der Waals surface area contributed by atoms with E-state index in [0.29, 0.717) is 36.6 Å². The van der Waals surface area contributed by atoms with Crippen LogP contribution in [-0.4, -0.2) is 46.6 Å². The van der Waals surface area contributed by atoms with Gasteiger partial charge in [-0.05, 0) is 45.7 Å². The van der Waals surface area contributed by atoms with Crippen LogP contribution in [0.15, 0.2) is 18.3 Å². The quantitative estimate of drug-likeness (QED) is 0.841. The molecular formula is C16H22ClN3O3. The zero-order chi connectivity index (χ0) is 17.0. The molecule has 2 rings (SSSR count). The van der Waals surface area contributed by atoms with Gasteiger partial charge in [-0.1, -0.05) is 11.6 Å². The van der Waals surface area contributed by atoms with Crippen molar-refractivity contribution in [3.63, 3.8) is 0 Å². The van der Waals surface area contributed by atoms with Crippen molar-refractivity contribution in [2.24, 2.45) is 0 Å². The maximum Gasteiger partial charge on any atom is 0.410 e. The summed E-state index contributed by atoms with van der Waals surface area (Å²) >= 11 is 5.71. The van der Waals surface area contributed by atoms with Gasteiger partial charge in [0, 0.05) is 25.3 Å². The van der Waals surface area contributed by atoms with Crippen LogP contribution < -0.4 is 5.32 Å². The van der Waals surface area contributed by atoms with Gasteiger partial charge in [-0.25, -0.2) is 9.78 Å². The molecule has 1 fully saturated rings. The Hall–Kier alpha value is -1.82. The number of aromatic nitrogens is 1. The average Bonchev–Trinajstić information content (AvgIpc) is 2.46. The summed E-state index contributed by atoms with van der Waals surface area (Å²) in [4.78, 5) is 29.7. The summed E-state index contributed by atoms with van der Waals surface area (Å²) in [5.74, 6) is -0.176. The van der Waals surface area contributed by atoms with Crippen molar-refractivity contribution < 1.29 is 14.3 Å². The second kappa shape index (κ2) is 7.17. The summed E-state index contributed by atoms with van der Waals surface area (Å²) in [6, 6.07) is 3.26. The topological polar surface area (TPSA) is 71.5 Å². The molecule has 0 radical (unpaired) electrons. The Morgan fingerprint density at radius 2 is 1.96 bits per heavy atom. The maximum absolute atomic E-state index is 12.1. The van der Waals surface area contributed by atoms with E-state index < -0.39 is 5.60 Å². The smallest absolute Gasteiger partial charge is 0.410 e. The molecule has 126 valence electrons. The summed E-state index contributed by atoms with van der Waals surface area (Å²) < 4.78 is 5.35. The van der Waals surface area contributed by atoms with E-state index in [1.165, 1.54) is 6.20 Å². The van der Waals surface area contributed by atoms with E-state index in [0.717, 1.165) is 0 Å². The molecule has 1 aliphatic heterocycles. The number of likely N-dealkylation sites (tertiary alicyclic amines) is 1. The molecule has 0 aliphatic carbocycles.